The van der Waals surface area contributed by atoms with Crippen LogP contribution in [0, 0.1) is 9.39 Å². The van der Waals surface area contributed by atoms with E-state index < -0.39 is 0 Å². The fourth-order valence-electron chi connectivity index (χ4n) is 1.76. The van der Waals surface area contributed by atoms with Gasteiger partial charge in [0.15, 0.2) is 0 Å². The summed E-state index contributed by atoms with van der Waals surface area (Å²) in [6.45, 7) is 0.540. The molecule has 2 atom stereocenters. The molecule has 1 aliphatic rings. The van der Waals surface area contributed by atoms with E-state index in [9.17, 15) is 9.50 Å². The van der Waals surface area contributed by atoms with Crippen molar-refractivity contribution < 1.29 is 14.2 Å². The van der Waals surface area contributed by atoms with Crippen molar-refractivity contribution in [1.82, 2.24) is 0 Å². The summed E-state index contributed by atoms with van der Waals surface area (Å²) in [5, 5.41) is 9.52. The van der Waals surface area contributed by atoms with Gasteiger partial charge in [-0.05, 0) is 52.8 Å². The van der Waals surface area contributed by atoms with Crippen molar-refractivity contribution in [2.75, 3.05) is 6.61 Å². The van der Waals surface area contributed by atoms with Crippen molar-refractivity contribution in [1.29, 1.82) is 0 Å². The normalized spacial score (nSPS) is 26.6. The number of hydrogen-bond acceptors (Lipinski definition) is 2. The minimum Gasteiger partial charge on any atom is -0.393 e. The van der Waals surface area contributed by atoms with Gasteiger partial charge in [-0.25, -0.2) is 4.39 Å². The predicted molar refractivity (Wildman–Crippen MR) is 63.1 cm³/mol. The molecule has 0 aromatic heterocycles. The molecule has 2 rings (SSSR count). The number of benzene rings is 1. The number of rotatable bonds is 1. The van der Waals surface area contributed by atoms with Crippen LogP contribution in [0.4, 0.5) is 4.39 Å². The minimum atomic E-state index is -0.331. The maximum absolute atomic E-state index is 13.1. The van der Waals surface area contributed by atoms with Crippen LogP contribution in [-0.4, -0.2) is 17.8 Å². The highest BCUT2D eigenvalue weighted by atomic mass is 127. The van der Waals surface area contributed by atoms with Crippen LogP contribution >= 0.6 is 22.6 Å². The van der Waals surface area contributed by atoms with Crippen LogP contribution < -0.4 is 0 Å². The molecule has 0 radical (unpaired) electrons. The third-order valence-corrected chi connectivity index (χ3v) is 3.54. The fourth-order valence-corrected chi connectivity index (χ4v) is 2.44. The zero-order chi connectivity index (χ0) is 10.8. The Morgan fingerprint density at radius 1 is 1.47 bits per heavy atom. The average Bonchev–Trinajstić information content (AvgIpc) is 2.22. The Hall–Kier alpha value is -0.200. The summed E-state index contributed by atoms with van der Waals surface area (Å²) in [6, 6.07) is 4.66. The van der Waals surface area contributed by atoms with Crippen molar-refractivity contribution in [2.24, 2.45) is 0 Å². The standard InChI is InChI=1S/C11H12FIO2/c12-7-1-2-10(13)9(5-7)11-6-8(14)3-4-15-11/h1-2,5,8,11,14H,3-4,6H2. The summed E-state index contributed by atoms with van der Waals surface area (Å²) >= 11 is 2.16. The first-order valence-electron chi connectivity index (χ1n) is 4.91. The van der Waals surface area contributed by atoms with Crippen LogP contribution in [0.2, 0.25) is 0 Å². The van der Waals surface area contributed by atoms with Gasteiger partial charge in [0.1, 0.15) is 5.82 Å². The van der Waals surface area contributed by atoms with Crippen molar-refractivity contribution in [3.63, 3.8) is 0 Å². The van der Waals surface area contributed by atoms with E-state index in [0.717, 1.165) is 9.13 Å². The van der Waals surface area contributed by atoms with Crippen molar-refractivity contribution in [2.45, 2.75) is 25.0 Å². The van der Waals surface area contributed by atoms with Crippen LogP contribution in [0.1, 0.15) is 24.5 Å². The molecule has 1 heterocycles. The Bertz CT molecular complexity index is 356. The first-order valence-corrected chi connectivity index (χ1v) is 5.99. The van der Waals surface area contributed by atoms with Crippen molar-refractivity contribution >= 4 is 22.6 Å². The number of hydrogen-bond donors (Lipinski definition) is 1. The van der Waals surface area contributed by atoms with E-state index >= 15 is 0 Å². The summed E-state index contributed by atoms with van der Waals surface area (Å²) in [7, 11) is 0. The highest BCUT2D eigenvalue weighted by Gasteiger charge is 2.24. The van der Waals surface area contributed by atoms with Crippen LogP contribution in [0.15, 0.2) is 18.2 Å². The smallest absolute Gasteiger partial charge is 0.123 e. The Balaban J connectivity index is 2.24. The third kappa shape index (κ3) is 2.68. The van der Waals surface area contributed by atoms with Gasteiger partial charge >= 0.3 is 0 Å². The number of aliphatic hydroxyl groups is 1. The lowest BCUT2D eigenvalue weighted by molar-refractivity contribution is -0.0452. The van der Waals surface area contributed by atoms with Crippen molar-refractivity contribution in [3.8, 4) is 0 Å². The molecular weight excluding hydrogens is 310 g/mol. The topological polar surface area (TPSA) is 29.5 Å². The molecule has 0 aliphatic carbocycles. The first kappa shape index (κ1) is 11.3. The second kappa shape index (κ2) is 4.76. The summed E-state index contributed by atoms with van der Waals surface area (Å²) in [5.74, 6) is -0.255. The second-order valence-electron chi connectivity index (χ2n) is 3.70. The largest absolute Gasteiger partial charge is 0.393 e. The van der Waals surface area contributed by atoms with Crippen LogP contribution in [0.3, 0.4) is 0 Å². The molecular formula is C11H12FIO2. The van der Waals surface area contributed by atoms with E-state index in [1.165, 1.54) is 12.1 Å². The molecule has 4 heteroatoms. The Labute approximate surface area is 102 Å². The van der Waals surface area contributed by atoms with Gasteiger partial charge in [0.25, 0.3) is 0 Å². The maximum atomic E-state index is 13.1. The van der Waals surface area contributed by atoms with Gasteiger partial charge in [0.05, 0.1) is 12.2 Å². The van der Waals surface area contributed by atoms with E-state index in [2.05, 4.69) is 22.6 Å². The molecule has 2 nitrogen and oxygen atoms in total. The molecule has 0 saturated carbocycles. The lowest BCUT2D eigenvalue weighted by atomic mass is 9.99. The van der Waals surface area contributed by atoms with Gasteiger partial charge in [-0.3, -0.25) is 0 Å². The Morgan fingerprint density at radius 3 is 3.00 bits per heavy atom. The lowest BCUT2D eigenvalue weighted by Gasteiger charge is -2.27. The predicted octanol–water partition coefficient (Wildman–Crippen LogP) is 2.64. The van der Waals surface area contributed by atoms with Gasteiger partial charge in [-0.15, -0.1) is 0 Å². The van der Waals surface area contributed by atoms with E-state index in [4.69, 9.17) is 4.74 Å². The van der Waals surface area contributed by atoms with Crippen LogP contribution in [0.25, 0.3) is 0 Å². The molecule has 2 unspecified atom stereocenters. The van der Waals surface area contributed by atoms with E-state index in [1.54, 1.807) is 6.07 Å². The summed E-state index contributed by atoms with van der Waals surface area (Å²) in [4.78, 5) is 0. The number of aliphatic hydroxyl groups excluding tert-OH is 1. The quantitative estimate of drug-likeness (QED) is 0.806. The highest BCUT2D eigenvalue weighted by molar-refractivity contribution is 14.1. The van der Waals surface area contributed by atoms with Gasteiger partial charge in [0, 0.05) is 16.6 Å². The van der Waals surface area contributed by atoms with Gasteiger partial charge in [-0.1, -0.05) is 0 Å². The van der Waals surface area contributed by atoms with Gasteiger partial charge in [-0.2, -0.15) is 0 Å². The lowest BCUT2D eigenvalue weighted by Crippen LogP contribution is -2.24. The molecule has 0 bridgehead atoms. The fraction of sp³-hybridized carbons (Fsp3) is 0.455. The van der Waals surface area contributed by atoms with Gasteiger partial charge < -0.3 is 9.84 Å². The molecule has 15 heavy (non-hydrogen) atoms. The van der Waals surface area contributed by atoms with E-state index in [-0.39, 0.29) is 18.0 Å². The van der Waals surface area contributed by atoms with Crippen LogP contribution in [-0.2, 0) is 4.74 Å². The molecule has 1 N–H and O–H groups in total. The number of halogens is 2. The van der Waals surface area contributed by atoms with Gasteiger partial charge in [0.2, 0.25) is 0 Å². The second-order valence-corrected chi connectivity index (χ2v) is 4.87. The highest BCUT2D eigenvalue weighted by Crippen LogP contribution is 2.31. The van der Waals surface area contributed by atoms with Crippen LogP contribution in [0.5, 0.6) is 0 Å². The molecule has 0 spiro atoms. The zero-order valence-electron chi connectivity index (χ0n) is 8.12. The zero-order valence-corrected chi connectivity index (χ0v) is 10.3. The third-order valence-electron chi connectivity index (χ3n) is 2.56. The maximum Gasteiger partial charge on any atom is 0.123 e. The molecule has 0 amide bonds. The first-order chi connectivity index (χ1) is 7.16. The molecule has 1 aliphatic heterocycles. The average molecular weight is 322 g/mol. The summed E-state index contributed by atoms with van der Waals surface area (Å²) in [6.07, 6.45) is 0.723. The molecule has 1 fully saturated rings. The SMILES string of the molecule is OC1CCOC(c2cc(F)ccc2I)C1. The molecule has 82 valence electrons. The monoisotopic (exact) mass is 322 g/mol. The summed E-state index contributed by atoms with van der Waals surface area (Å²) < 4.78 is 19.6. The summed E-state index contributed by atoms with van der Waals surface area (Å²) in [5.41, 5.74) is 0.842. The number of ether oxygens (including phenoxy) is 1. The Kier molecular flexibility index (Phi) is 3.58. The molecule has 1 aromatic carbocycles. The minimum absolute atomic E-state index is 0.170. The Morgan fingerprint density at radius 2 is 2.27 bits per heavy atom. The van der Waals surface area contributed by atoms with E-state index in [0.29, 0.717) is 19.4 Å². The van der Waals surface area contributed by atoms with E-state index in [1.807, 2.05) is 0 Å². The molecule has 1 saturated heterocycles. The molecule has 1 aromatic rings. The van der Waals surface area contributed by atoms with Crippen molar-refractivity contribution in [3.05, 3.63) is 33.1 Å².